The van der Waals surface area contributed by atoms with Crippen LogP contribution in [0.1, 0.15) is 6.92 Å². The molecule has 27 heavy (non-hydrogen) atoms. The second-order valence-corrected chi connectivity index (χ2v) is 6.54. The molecular formula is C22H18N4O. The number of phenolic OH excluding ortho intramolecular Hbond substituents is 1. The first-order chi connectivity index (χ1) is 13.3. The fraction of sp³-hybridized carbons (Fsp3) is 0.0909. The summed E-state index contributed by atoms with van der Waals surface area (Å²) in [7, 11) is 0. The summed E-state index contributed by atoms with van der Waals surface area (Å²) in [5.74, 6) is 0.242. The van der Waals surface area contributed by atoms with Gasteiger partial charge in [0.05, 0.1) is 17.6 Å². The lowest BCUT2D eigenvalue weighted by Crippen LogP contribution is -1.99. The highest BCUT2D eigenvalue weighted by atomic mass is 16.3. The standard InChI is InChI=1S/C22H18N4O/c1-2-25-20-6-4-3-5-18(20)19-13-16(9-12-21(19)25)26-22(14-23-24-26)15-7-10-17(27)11-8-15/h3-14,27H,2H2,1H3. The van der Waals surface area contributed by atoms with E-state index in [4.69, 9.17) is 0 Å². The Balaban J connectivity index is 1.72. The number of hydrogen-bond acceptors (Lipinski definition) is 3. The molecule has 0 spiro atoms. The summed E-state index contributed by atoms with van der Waals surface area (Å²) in [6.45, 7) is 3.09. The zero-order valence-electron chi connectivity index (χ0n) is 14.9. The summed E-state index contributed by atoms with van der Waals surface area (Å²) in [5.41, 5.74) is 5.25. The fourth-order valence-corrected chi connectivity index (χ4v) is 3.77. The Bertz CT molecular complexity index is 1260. The zero-order valence-corrected chi connectivity index (χ0v) is 14.9. The van der Waals surface area contributed by atoms with E-state index >= 15 is 0 Å². The lowest BCUT2D eigenvalue weighted by molar-refractivity contribution is 0.475. The molecule has 5 nitrogen and oxygen atoms in total. The zero-order chi connectivity index (χ0) is 18.4. The van der Waals surface area contributed by atoms with Gasteiger partial charge in [-0.05, 0) is 55.5 Å². The number of phenols is 1. The number of aromatic nitrogens is 4. The summed E-state index contributed by atoms with van der Waals surface area (Å²) in [5, 5.41) is 20.4. The van der Waals surface area contributed by atoms with Crippen molar-refractivity contribution in [2.75, 3.05) is 0 Å². The van der Waals surface area contributed by atoms with Crippen molar-refractivity contribution in [3.8, 4) is 22.7 Å². The predicted octanol–water partition coefficient (Wildman–Crippen LogP) is 4.77. The maximum atomic E-state index is 9.54. The Morgan fingerprint density at radius 3 is 2.48 bits per heavy atom. The van der Waals surface area contributed by atoms with Crippen LogP contribution in [0.15, 0.2) is 72.9 Å². The van der Waals surface area contributed by atoms with Gasteiger partial charge in [-0.15, -0.1) is 5.10 Å². The predicted molar refractivity (Wildman–Crippen MR) is 107 cm³/mol. The first-order valence-corrected chi connectivity index (χ1v) is 8.97. The van der Waals surface area contributed by atoms with Gasteiger partial charge in [-0.3, -0.25) is 0 Å². The van der Waals surface area contributed by atoms with Gasteiger partial charge in [-0.25, -0.2) is 4.68 Å². The third-order valence-electron chi connectivity index (χ3n) is 5.03. The molecule has 2 heterocycles. The summed E-state index contributed by atoms with van der Waals surface area (Å²) in [4.78, 5) is 0. The number of aryl methyl sites for hydroxylation is 1. The van der Waals surface area contributed by atoms with Gasteiger partial charge in [-0.1, -0.05) is 23.4 Å². The highest BCUT2D eigenvalue weighted by Gasteiger charge is 2.13. The van der Waals surface area contributed by atoms with Gasteiger partial charge in [0, 0.05) is 33.9 Å². The third-order valence-corrected chi connectivity index (χ3v) is 5.03. The van der Waals surface area contributed by atoms with E-state index < -0.39 is 0 Å². The molecule has 0 saturated carbocycles. The van der Waals surface area contributed by atoms with Crippen LogP contribution in [0.4, 0.5) is 0 Å². The largest absolute Gasteiger partial charge is 0.508 e. The van der Waals surface area contributed by atoms with Crippen LogP contribution in [0.25, 0.3) is 38.8 Å². The van der Waals surface area contributed by atoms with Gasteiger partial charge in [0.25, 0.3) is 0 Å². The smallest absolute Gasteiger partial charge is 0.115 e. The van der Waals surface area contributed by atoms with Crippen molar-refractivity contribution in [1.82, 2.24) is 19.6 Å². The molecule has 5 heteroatoms. The molecule has 0 fully saturated rings. The second kappa shape index (κ2) is 5.99. The first kappa shape index (κ1) is 15.6. The number of aromatic hydroxyl groups is 1. The summed E-state index contributed by atoms with van der Waals surface area (Å²) in [6, 6.07) is 21.9. The van der Waals surface area contributed by atoms with Gasteiger partial charge in [0.1, 0.15) is 5.75 Å². The first-order valence-electron chi connectivity index (χ1n) is 8.97. The van der Waals surface area contributed by atoms with E-state index in [9.17, 15) is 5.11 Å². The SMILES string of the molecule is CCn1c2ccccc2c2cc(-n3nncc3-c3ccc(O)cc3)ccc21. The molecule has 132 valence electrons. The Hall–Kier alpha value is -3.60. The third kappa shape index (κ3) is 2.39. The molecule has 5 rings (SSSR count). The van der Waals surface area contributed by atoms with E-state index in [1.165, 1.54) is 21.8 Å². The molecule has 0 aliphatic carbocycles. The topological polar surface area (TPSA) is 55.9 Å². The van der Waals surface area contributed by atoms with E-state index in [-0.39, 0.29) is 5.75 Å². The quantitative estimate of drug-likeness (QED) is 0.508. The van der Waals surface area contributed by atoms with Crippen LogP contribution < -0.4 is 0 Å². The molecule has 0 unspecified atom stereocenters. The maximum absolute atomic E-state index is 9.54. The minimum Gasteiger partial charge on any atom is -0.508 e. The number of nitrogens with zero attached hydrogens (tertiary/aromatic N) is 4. The number of hydrogen-bond donors (Lipinski definition) is 1. The van der Waals surface area contributed by atoms with Crippen molar-refractivity contribution in [2.45, 2.75) is 13.5 Å². The minimum atomic E-state index is 0.242. The van der Waals surface area contributed by atoms with Crippen molar-refractivity contribution in [1.29, 1.82) is 0 Å². The lowest BCUT2D eigenvalue weighted by Gasteiger charge is -2.08. The number of benzene rings is 3. The van der Waals surface area contributed by atoms with Gasteiger partial charge in [0.15, 0.2) is 0 Å². The highest BCUT2D eigenvalue weighted by Crippen LogP contribution is 2.31. The number of rotatable bonds is 3. The van der Waals surface area contributed by atoms with Crippen LogP contribution in [0.2, 0.25) is 0 Å². The van der Waals surface area contributed by atoms with E-state index in [2.05, 4.69) is 64.3 Å². The van der Waals surface area contributed by atoms with E-state index in [0.29, 0.717) is 0 Å². The van der Waals surface area contributed by atoms with Crippen molar-refractivity contribution < 1.29 is 5.11 Å². The molecule has 0 atom stereocenters. The lowest BCUT2D eigenvalue weighted by atomic mass is 10.1. The Morgan fingerprint density at radius 1 is 0.889 bits per heavy atom. The Labute approximate surface area is 156 Å². The average molecular weight is 354 g/mol. The van der Waals surface area contributed by atoms with Crippen molar-refractivity contribution in [2.24, 2.45) is 0 Å². The Morgan fingerprint density at radius 2 is 1.67 bits per heavy atom. The molecule has 0 radical (unpaired) electrons. The van der Waals surface area contributed by atoms with Gasteiger partial charge >= 0.3 is 0 Å². The second-order valence-electron chi connectivity index (χ2n) is 6.54. The van der Waals surface area contributed by atoms with Crippen LogP contribution in [0.3, 0.4) is 0 Å². The molecule has 5 aromatic rings. The van der Waals surface area contributed by atoms with E-state index in [1.54, 1.807) is 18.3 Å². The molecular weight excluding hydrogens is 336 g/mol. The van der Waals surface area contributed by atoms with Crippen LogP contribution >= 0.6 is 0 Å². The molecule has 0 bridgehead atoms. The monoisotopic (exact) mass is 354 g/mol. The highest BCUT2D eigenvalue weighted by molar-refractivity contribution is 6.08. The van der Waals surface area contributed by atoms with Crippen LogP contribution in [-0.2, 0) is 6.54 Å². The van der Waals surface area contributed by atoms with Gasteiger partial charge < -0.3 is 9.67 Å². The fourth-order valence-electron chi connectivity index (χ4n) is 3.77. The molecule has 0 aliphatic rings. The van der Waals surface area contributed by atoms with E-state index in [1.807, 2.05) is 16.8 Å². The number of fused-ring (bicyclic) bond motifs is 3. The van der Waals surface area contributed by atoms with Crippen LogP contribution in [-0.4, -0.2) is 24.7 Å². The summed E-state index contributed by atoms with van der Waals surface area (Å²) < 4.78 is 4.17. The molecule has 0 aliphatic heterocycles. The van der Waals surface area contributed by atoms with Crippen molar-refractivity contribution >= 4 is 21.8 Å². The minimum absolute atomic E-state index is 0.242. The summed E-state index contributed by atoms with van der Waals surface area (Å²) in [6.07, 6.45) is 1.74. The molecule has 2 aromatic heterocycles. The average Bonchev–Trinajstić information content (AvgIpc) is 3.31. The molecule has 0 saturated heterocycles. The van der Waals surface area contributed by atoms with Gasteiger partial charge in [-0.2, -0.15) is 0 Å². The molecule has 0 amide bonds. The van der Waals surface area contributed by atoms with Crippen LogP contribution in [0.5, 0.6) is 5.75 Å². The number of para-hydroxylation sites is 1. The molecule has 3 aromatic carbocycles. The summed E-state index contributed by atoms with van der Waals surface area (Å²) >= 11 is 0. The van der Waals surface area contributed by atoms with Crippen molar-refractivity contribution in [3.05, 3.63) is 72.9 Å². The molecule has 1 N–H and O–H groups in total. The maximum Gasteiger partial charge on any atom is 0.115 e. The Kier molecular flexibility index (Phi) is 3.47. The van der Waals surface area contributed by atoms with E-state index in [0.717, 1.165) is 23.5 Å². The normalized spacial score (nSPS) is 11.4. The van der Waals surface area contributed by atoms with Crippen molar-refractivity contribution in [3.63, 3.8) is 0 Å². The van der Waals surface area contributed by atoms with Crippen LogP contribution in [0, 0.1) is 0 Å². The van der Waals surface area contributed by atoms with Gasteiger partial charge in [0.2, 0.25) is 0 Å².